The lowest BCUT2D eigenvalue weighted by molar-refractivity contribution is -0.479. The molecule has 1 aromatic heterocycles. The van der Waals surface area contributed by atoms with Gasteiger partial charge in [-0.25, -0.2) is 4.39 Å². The van der Waals surface area contributed by atoms with Crippen LogP contribution in [0.15, 0.2) is 47.6 Å². The van der Waals surface area contributed by atoms with Gasteiger partial charge >= 0.3 is 0 Å². The van der Waals surface area contributed by atoms with Crippen LogP contribution in [0.5, 0.6) is 11.5 Å². The molecule has 0 fully saturated rings. The molecule has 0 aliphatic rings. The number of benzene rings is 2. The molecule has 30 heavy (non-hydrogen) atoms. The van der Waals surface area contributed by atoms with E-state index in [0.717, 1.165) is 0 Å². The van der Waals surface area contributed by atoms with Crippen molar-refractivity contribution in [3.05, 3.63) is 69.8 Å². The van der Waals surface area contributed by atoms with Crippen LogP contribution >= 0.6 is 11.8 Å². The van der Waals surface area contributed by atoms with Gasteiger partial charge in [-0.05, 0) is 55.8 Å². The number of ether oxygens (including phenoxy) is 2. The number of halogens is 1. The second-order valence-electron chi connectivity index (χ2n) is 6.31. The summed E-state index contributed by atoms with van der Waals surface area (Å²) < 4.78 is 26.0. The number of thioether (sulfide) groups is 1. The van der Waals surface area contributed by atoms with Crippen LogP contribution in [0.2, 0.25) is 0 Å². The molecule has 3 rings (SSSR count). The average Bonchev–Trinajstić information content (AvgIpc) is 3.08. The lowest BCUT2D eigenvalue weighted by Crippen LogP contribution is -2.11. The second-order valence-corrected chi connectivity index (χ2v) is 7.48. The molecule has 0 N–H and O–H groups in total. The smallest absolute Gasteiger partial charge is 0.220 e. The fourth-order valence-electron chi connectivity index (χ4n) is 2.94. The van der Waals surface area contributed by atoms with E-state index in [-0.39, 0.29) is 17.3 Å². The Labute approximate surface area is 177 Å². The maximum Gasteiger partial charge on any atom is 0.220 e. The predicted molar refractivity (Wildman–Crippen MR) is 111 cm³/mol. The van der Waals surface area contributed by atoms with Crippen molar-refractivity contribution < 1.29 is 18.8 Å². The maximum absolute atomic E-state index is 13.3. The molecule has 10 heteroatoms. The molecule has 3 aromatic rings. The zero-order valence-electron chi connectivity index (χ0n) is 16.7. The van der Waals surface area contributed by atoms with Crippen molar-refractivity contribution in [1.29, 1.82) is 0 Å². The number of aryl methyl sites for hydroxylation is 1. The van der Waals surface area contributed by atoms with Gasteiger partial charge in [0.05, 0.1) is 13.7 Å². The lowest BCUT2D eigenvalue weighted by Gasteiger charge is -2.16. The van der Waals surface area contributed by atoms with E-state index in [1.807, 2.05) is 6.92 Å². The molecule has 0 amide bonds. The van der Waals surface area contributed by atoms with E-state index in [9.17, 15) is 14.5 Å². The highest BCUT2D eigenvalue weighted by atomic mass is 32.2. The van der Waals surface area contributed by atoms with E-state index < -0.39 is 5.25 Å². The maximum atomic E-state index is 13.3. The van der Waals surface area contributed by atoms with Crippen LogP contribution in [-0.2, 0) is 0 Å². The molecule has 0 saturated heterocycles. The standard InChI is InChI=1S/C20H21FN4O4S/c1-4-29-17-10-5-14(11-18(17)28-3)19(12-24(26)27)30-20-23-22-13(2)25(20)16-8-6-15(21)7-9-16/h5-11,19H,4,12H2,1-3H3/t19-/m0/s1. The molecule has 0 saturated carbocycles. The van der Waals surface area contributed by atoms with Crippen molar-refractivity contribution in [2.45, 2.75) is 24.3 Å². The molecule has 158 valence electrons. The second kappa shape index (κ2) is 9.57. The van der Waals surface area contributed by atoms with Crippen LogP contribution < -0.4 is 9.47 Å². The van der Waals surface area contributed by atoms with Crippen molar-refractivity contribution in [3.63, 3.8) is 0 Å². The summed E-state index contributed by atoms with van der Waals surface area (Å²) in [5.74, 6) is 1.30. The molecule has 0 spiro atoms. The minimum atomic E-state index is -0.549. The molecule has 0 aliphatic carbocycles. The highest BCUT2D eigenvalue weighted by Gasteiger charge is 2.25. The fourth-order valence-corrected chi connectivity index (χ4v) is 4.10. The first kappa shape index (κ1) is 21.6. The van der Waals surface area contributed by atoms with E-state index in [1.54, 1.807) is 41.8 Å². The van der Waals surface area contributed by atoms with Crippen LogP contribution in [0.1, 0.15) is 23.6 Å². The Balaban J connectivity index is 1.97. The van der Waals surface area contributed by atoms with Crippen LogP contribution in [0.4, 0.5) is 4.39 Å². The van der Waals surface area contributed by atoms with E-state index >= 15 is 0 Å². The van der Waals surface area contributed by atoms with Crippen LogP contribution in [0, 0.1) is 22.9 Å². The monoisotopic (exact) mass is 432 g/mol. The fraction of sp³-hybridized carbons (Fsp3) is 0.300. The van der Waals surface area contributed by atoms with Crippen molar-refractivity contribution in [2.75, 3.05) is 20.3 Å². The molecular formula is C20H21FN4O4S. The van der Waals surface area contributed by atoms with Crippen LogP contribution in [-0.4, -0.2) is 39.9 Å². The summed E-state index contributed by atoms with van der Waals surface area (Å²) in [5.41, 5.74) is 1.37. The minimum absolute atomic E-state index is 0.322. The molecular weight excluding hydrogens is 411 g/mol. The summed E-state index contributed by atoms with van der Waals surface area (Å²) in [5, 5.41) is 19.5. The van der Waals surface area contributed by atoms with E-state index in [2.05, 4.69) is 10.2 Å². The molecule has 8 nitrogen and oxygen atoms in total. The van der Waals surface area contributed by atoms with Crippen molar-refractivity contribution in [1.82, 2.24) is 14.8 Å². The van der Waals surface area contributed by atoms with Gasteiger partial charge < -0.3 is 9.47 Å². The zero-order valence-corrected chi connectivity index (χ0v) is 17.6. The Morgan fingerprint density at radius 1 is 1.20 bits per heavy atom. The summed E-state index contributed by atoms with van der Waals surface area (Å²) in [7, 11) is 1.52. The van der Waals surface area contributed by atoms with Gasteiger partial charge in [0.15, 0.2) is 16.7 Å². The topological polar surface area (TPSA) is 92.3 Å². The quantitative estimate of drug-likeness (QED) is 0.284. The summed E-state index contributed by atoms with van der Waals surface area (Å²) in [6.07, 6.45) is 0. The SMILES string of the molecule is CCOc1ccc([C@H](C[N+](=O)[O-])Sc2nnc(C)n2-c2ccc(F)cc2)cc1OC. The molecule has 2 aromatic carbocycles. The van der Waals surface area contributed by atoms with E-state index in [0.29, 0.717) is 40.3 Å². The minimum Gasteiger partial charge on any atom is -0.493 e. The number of nitrogens with zero attached hydrogens (tertiary/aromatic N) is 4. The summed E-state index contributed by atoms with van der Waals surface area (Å²) >= 11 is 1.21. The Morgan fingerprint density at radius 2 is 1.93 bits per heavy atom. The average molecular weight is 432 g/mol. The predicted octanol–water partition coefficient (Wildman–Crippen LogP) is 4.23. The third-order valence-corrected chi connectivity index (χ3v) is 5.48. The van der Waals surface area contributed by atoms with Gasteiger partial charge in [-0.1, -0.05) is 17.8 Å². The molecule has 1 heterocycles. The van der Waals surface area contributed by atoms with Gasteiger partial charge in [0.1, 0.15) is 16.9 Å². The number of rotatable bonds is 9. The highest BCUT2D eigenvalue weighted by Crippen LogP contribution is 2.39. The Hall–Kier alpha value is -3.14. The first-order chi connectivity index (χ1) is 14.4. The van der Waals surface area contributed by atoms with Crippen molar-refractivity contribution in [2.24, 2.45) is 0 Å². The first-order valence-electron chi connectivity index (χ1n) is 9.20. The van der Waals surface area contributed by atoms with E-state index in [4.69, 9.17) is 9.47 Å². The van der Waals surface area contributed by atoms with Gasteiger partial charge in [0, 0.05) is 10.6 Å². The van der Waals surface area contributed by atoms with Crippen LogP contribution in [0.3, 0.4) is 0 Å². The number of aromatic nitrogens is 3. The number of nitro groups is 1. The van der Waals surface area contributed by atoms with Gasteiger partial charge in [-0.2, -0.15) is 0 Å². The summed E-state index contributed by atoms with van der Waals surface area (Å²) in [4.78, 5) is 11.0. The Kier molecular flexibility index (Phi) is 6.88. The van der Waals surface area contributed by atoms with Crippen molar-refractivity contribution in [3.8, 4) is 17.2 Å². The summed E-state index contributed by atoms with van der Waals surface area (Å²) in [6.45, 7) is 3.78. The first-order valence-corrected chi connectivity index (χ1v) is 10.1. The van der Waals surface area contributed by atoms with Gasteiger partial charge in [-0.3, -0.25) is 14.7 Å². The van der Waals surface area contributed by atoms with Gasteiger partial charge in [0.25, 0.3) is 0 Å². The number of hydrogen-bond acceptors (Lipinski definition) is 7. The number of methoxy groups -OCH3 is 1. The van der Waals surface area contributed by atoms with Crippen molar-refractivity contribution >= 4 is 11.8 Å². The zero-order chi connectivity index (χ0) is 21.7. The van der Waals surface area contributed by atoms with Gasteiger partial charge in [-0.15, -0.1) is 10.2 Å². The van der Waals surface area contributed by atoms with Gasteiger partial charge in [0.2, 0.25) is 6.54 Å². The van der Waals surface area contributed by atoms with E-state index in [1.165, 1.54) is 31.0 Å². The normalized spacial score (nSPS) is 11.9. The van der Waals surface area contributed by atoms with Crippen LogP contribution in [0.25, 0.3) is 5.69 Å². The molecule has 0 radical (unpaired) electrons. The summed E-state index contributed by atoms with van der Waals surface area (Å²) in [6, 6.07) is 11.2. The molecule has 0 bridgehead atoms. The molecule has 0 aliphatic heterocycles. The Bertz CT molecular complexity index is 1030. The third kappa shape index (κ3) is 4.88. The third-order valence-electron chi connectivity index (χ3n) is 4.30. The largest absolute Gasteiger partial charge is 0.493 e. The number of hydrogen-bond donors (Lipinski definition) is 0. The Morgan fingerprint density at radius 3 is 2.57 bits per heavy atom. The highest BCUT2D eigenvalue weighted by molar-refractivity contribution is 7.99. The molecule has 1 atom stereocenters. The lowest BCUT2D eigenvalue weighted by atomic mass is 10.1. The molecule has 0 unspecified atom stereocenters.